The predicted octanol–water partition coefficient (Wildman–Crippen LogP) is 2.20. The van der Waals surface area contributed by atoms with Crippen LogP contribution in [-0.4, -0.2) is 18.1 Å². The molecule has 1 fully saturated rings. The van der Waals surface area contributed by atoms with Gasteiger partial charge in [-0.1, -0.05) is 0 Å². The lowest BCUT2D eigenvalue weighted by molar-refractivity contribution is 0.0772. The van der Waals surface area contributed by atoms with E-state index in [1.54, 1.807) is 13.1 Å². The first-order chi connectivity index (χ1) is 6.71. The molecule has 0 spiro atoms. The molecule has 0 saturated carbocycles. The Balaban J connectivity index is 2.14. The van der Waals surface area contributed by atoms with Crippen LogP contribution in [-0.2, 0) is 5.67 Å². The van der Waals surface area contributed by atoms with Crippen molar-refractivity contribution in [1.82, 2.24) is 10.3 Å². The molecular weight excluding hydrogens is 179 g/mol. The van der Waals surface area contributed by atoms with E-state index in [-0.39, 0.29) is 5.92 Å². The molecule has 1 aromatic heterocycles. The van der Waals surface area contributed by atoms with Gasteiger partial charge in [0.25, 0.3) is 0 Å². The summed E-state index contributed by atoms with van der Waals surface area (Å²) in [4.78, 5) is 2.97. The van der Waals surface area contributed by atoms with Gasteiger partial charge in [-0.15, -0.1) is 0 Å². The normalized spacial score (nSPS) is 27.1. The Morgan fingerprint density at radius 2 is 2.43 bits per heavy atom. The number of H-pyrrole nitrogens is 1. The molecule has 2 nitrogen and oxygen atoms in total. The van der Waals surface area contributed by atoms with Gasteiger partial charge in [0.15, 0.2) is 5.67 Å². The number of aromatic nitrogens is 1. The fourth-order valence-electron chi connectivity index (χ4n) is 2.17. The number of hydrogen-bond acceptors (Lipinski definition) is 1. The number of halogens is 1. The van der Waals surface area contributed by atoms with Crippen LogP contribution in [0.3, 0.4) is 0 Å². The van der Waals surface area contributed by atoms with Crippen LogP contribution in [0.15, 0.2) is 18.3 Å². The maximum atomic E-state index is 14.5. The third-order valence-electron chi connectivity index (χ3n) is 3.19. The predicted molar refractivity (Wildman–Crippen MR) is 54.8 cm³/mol. The van der Waals surface area contributed by atoms with Crippen molar-refractivity contribution in [3.8, 4) is 0 Å². The molecule has 2 unspecified atom stereocenters. The topological polar surface area (TPSA) is 27.8 Å². The Morgan fingerprint density at radius 3 is 3.00 bits per heavy atom. The molecule has 2 heterocycles. The first-order valence-electron chi connectivity index (χ1n) is 5.25. The Kier molecular flexibility index (Phi) is 2.59. The Morgan fingerprint density at radius 1 is 1.57 bits per heavy atom. The van der Waals surface area contributed by atoms with Crippen LogP contribution >= 0.6 is 0 Å². The van der Waals surface area contributed by atoms with E-state index in [0.29, 0.717) is 5.69 Å². The summed E-state index contributed by atoms with van der Waals surface area (Å²) in [6.45, 7) is 3.49. The molecule has 0 radical (unpaired) electrons. The van der Waals surface area contributed by atoms with Crippen molar-refractivity contribution < 1.29 is 4.39 Å². The largest absolute Gasteiger partial charge is 0.362 e. The summed E-state index contributed by atoms with van der Waals surface area (Å²) in [6, 6.07) is 3.68. The lowest BCUT2D eigenvalue weighted by Crippen LogP contribution is -2.40. The Labute approximate surface area is 83.9 Å². The SMILES string of the molecule is CC(F)(c1ccc[nH]1)C1CCCNC1. The van der Waals surface area contributed by atoms with Crippen molar-refractivity contribution in [1.29, 1.82) is 0 Å². The van der Waals surface area contributed by atoms with Gasteiger partial charge in [-0.05, 0) is 38.4 Å². The highest BCUT2D eigenvalue weighted by Gasteiger charge is 2.37. The van der Waals surface area contributed by atoms with Crippen molar-refractivity contribution >= 4 is 0 Å². The maximum absolute atomic E-state index is 14.5. The fourth-order valence-corrected chi connectivity index (χ4v) is 2.17. The van der Waals surface area contributed by atoms with Gasteiger partial charge in [0, 0.05) is 18.7 Å². The van der Waals surface area contributed by atoms with Crippen LogP contribution in [0.25, 0.3) is 0 Å². The Bertz CT molecular complexity index is 273. The van der Waals surface area contributed by atoms with Gasteiger partial charge in [0.1, 0.15) is 0 Å². The average molecular weight is 196 g/mol. The van der Waals surface area contributed by atoms with E-state index in [9.17, 15) is 4.39 Å². The van der Waals surface area contributed by atoms with Crippen molar-refractivity contribution in [3.63, 3.8) is 0 Å². The second kappa shape index (κ2) is 3.73. The molecular formula is C11H17FN2. The molecule has 0 aromatic carbocycles. The van der Waals surface area contributed by atoms with E-state index in [0.717, 1.165) is 25.9 Å². The van der Waals surface area contributed by atoms with E-state index in [1.165, 1.54) is 0 Å². The van der Waals surface area contributed by atoms with Crippen LogP contribution in [0.2, 0.25) is 0 Å². The lowest BCUT2D eigenvalue weighted by Gasteiger charge is -2.33. The van der Waals surface area contributed by atoms with Crippen LogP contribution in [0.5, 0.6) is 0 Å². The number of rotatable bonds is 2. The zero-order valence-corrected chi connectivity index (χ0v) is 8.52. The first-order valence-corrected chi connectivity index (χ1v) is 5.25. The summed E-state index contributed by atoms with van der Waals surface area (Å²) >= 11 is 0. The highest BCUT2D eigenvalue weighted by atomic mass is 19.1. The van der Waals surface area contributed by atoms with Crippen molar-refractivity contribution in [2.75, 3.05) is 13.1 Å². The van der Waals surface area contributed by atoms with Crippen LogP contribution in [0, 0.1) is 5.92 Å². The highest BCUT2D eigenvalue weighted by molar-refractivity contribution is 5.14. The van der Waals surface area contributed by atoms with Crippen LogP contribution < -0.4 is 5.32 Å². The summed E-state index contributed by atoms with van der Waals surface area (Å²) in [6.07, 6.45) is 3.83. The standard InChI is InChI=1S/C11H17FN2/c1-11(12,10-5-3-7-14-10)9-4-2-6-13-8-9/h3,5,7,9,13-14H,2,4,6,8H2,1H3. The molecule has 1 aliphatic heterocycles. The molecule has 3 heteroatoms. The summed E-state index contributed by atoms with van der Waals surface area (Å²) in [5, 5.41) is 3.25. The molecule has 1 saturated heterocycles. The van der Waals surface area contributed by atoms with Crippen molar-refractivity contribution in [2.24, 2.45) is 5.92 Å². The summed E-state index contributed by atoms with van der Waals surface area (Å²) in [7, 11) is 0. The zero-order valence-electron chi connectivity index (χ0n) is 8.52. The molecule has 14 heavy (non-hydrogen) atoms. The molecule has 0 amide bonds. The van der Waals surface area contributed by atoms with Crippen molar-refractivity contribution in [2.45, 2.75) is 25.4 Å². The van der Waals surface area contributed by atoms with Crippen LogP contribution in [0.1, 0.15) is 25.5 Å². The van der Waals surface area contributed by atoms with Gasteiger partial charge in [0.05, 0.1) is 5.69 Å². The third kappa shape index (κ3) is 1.69. The van der Waals surface area contributed by atoms with E-state index in [4.69, 9.17) is 0 Å². The van der Waals surface area contributed by atoms with E-state index in [2.05, 4.69) is 10.3 Å². The van der Waals surface area contributed by atoms with Gasteiger partial charge in [-0.25, -0.2) is 4.39 Å². The highest BCUT2D eigenvalue weighted by Crippen LogP contribution is 2.36. The molecule has 2 atom stereocenters. The van der Waals surface area contributed by atoms with Gasteiger partial charge >= 0.3 is 0 Å². The number of piperidine rings is 1. The number of aromatic amines is 1. The van der Waals surface area contributed by atoms with Gasteiger partial charge < -0.3 is 10.3 Å². The first kappa shape index (κ1) is 9.71. The van der Waals surface area contributed by atoms with Gasteiger partial charge in [-0.3, -0.25) is 0 Å². The van der Waals surface area contributed by atoms with Gasteiger partial charge in [-0.2, -0.15) is 0 Å². The second-order valence-electron chi connectivity index (χ2n) is 4.20. The molecule has 0 aliphatic carbocycles. The minimum atomic E-state index is -1.23. The molecule has 2 N–H and O–H groups in total. The molecule has 0 bridgehead atoms. The number of alkyl halides is 1. The molecule has 1 aromatic rings. The minimum absolute atomic E-state index is 0.0925. The van der Waals surface area contributed by atoms with E-state index in [1.807, 2.05) is 12.1 Å². The summed E-state index contributed by atoms with van der Waals surface area (Å²) in [5.41, 5.74) is -0.525. The number of nitrogens with one attached hydrogen (secondary N) is 2. The third-order valence-corrected chi connectivity index (χ3v) is 3.19. The second-order valence-corrected chi connectivity index (χ2v) is 4.20. The lowest BCUT2D eigenvalue weighted by atomic mass is 9.83. The monoisotopic (exact) mass is 196 g/mol. The average Bonchev–Trinajstić information content (AvgIpc) is 2.72. The Hall–Kier alpha value is -0.830. The molecule has 2 rings (SSSR count). The maximum Gasteiger partial charge on any atom is 0.151 e. The smallest absolute Gasteiger partial charge is 0.151 e. The van der Waals surface area contributed by atoms with Crippen molar-refractivity contribution in [3.05, 3.63) is 24.0 Å². The minimum Gasteiger partial charge on any atom is -0.362 e. The zero-order chi connectivity index (χ0) is 10.0. The molecule has 78 valence electrons. The van der Waals surface area contributed by atoms with Gasteiger partial charge in [0.2, 0.25) is 0 Å². The van der Waals surface area contributed by atoms with E-state index >= 15 is 0 Å². The van der Waals surface area contributed by atoms with E-state index < -0.39 is 5.67 Å². The fraction of sp³-hybridized carbons (Fsp3) is 0.636. The molecule has 1 aliphatic rings. The summed E-state index contributed by atoms with van der Waals surface area (Å²) < 4.78 is 14.5. The summed E-state index contributed by atoms with van der Waals surface area (Å²) in [5.74, 6) is 0.0925. The quantitative estimate of drug-likeness (QED) is 0.745. The number of hydrogen-bond donors (Lipinski definition) is 2. The van der Waals surface area contributed by atoms with Crippen LogP contribution in [0.4, 0.5) is 4.39 Å².